The van der Waals surface area contributed by atoms with Gasteiger partial charge in [0.1, 0.15) is 11.6 Å². The van der Waals surface area contributed by atoms with Crippen molar-refractivity contribution in [3.63, 3.8) is 0 Å². The van der Waals surface area contributed by atoms with E-state index in [-0.39, 0.29) is 5.82 Å². The van der Waals surface area contributed by atoms with Crippen molar-refractivity contribution in [1.82, 2.24) is 0 Å². The third kappa shape index (κ3) is 3.03. The van der Waals surface area contributed by atoms with Crippen LogP contribution in [0.1, 0.15) is 0 Å². The molecule has 0 radical (unpaired) electrons. The summed E-state index contributed by atoms with van der Waals surface area (Å²) in [6.45, 7) is 4.12. The van der Waals surface area contributed by atoms with E-state index in [0.29, 0.717) is 18.0 Å². The zero-order valence-corrected chi connectivity index (χ0v) is 9.40. The molecule has 1 rings (SSSR count). The molecule has 0 aliphatic carbocycles. The van der Waals surface area contributed by atoms with Gasteiger partial charge in [-0.2, -0.15) is 0 Å². The molecule has 76 valence electrons. The number of methoxy groups -OCH3 is 1. The lowest BCUT2D eigenvalue weighted by Crippen LogP contribution is -2.02. The molecule has 0 aromatic heterocycles. The Labute approximate surface area is 90.9 Å². The van der Waals surface area contributed by atoms with Crippen LogP contribution >= 0.6 is 15.9 Å². The quantitative estimate of drug-likeness (QED) is 0.897. The van der Waals surface area contributed by atoms with Crippen molar-refractivity contribution >= 4 is 21.6 Å². The molecular formula is C10H11BrFNO. The highest BCUT2D eigenvalue weighted by Crippen LogP contribution is 2.21. The Hall–Kier alpha value is -1.03. The van der Waals surface area contributed by atoms with E-state index in [2.05, 4.69) is 27.8 Å². The van der Waals surface area contributed by atoms with E-state index >= 15 is 0 Å². The highest BCUT2D eigenvalue weighted by molar-refractivity contribution is 9.11. The van der Waals surface area contributed by atoms with E-state index < -0.39 is 0 Å². The molecule has 1 N–H and O–H groups in total. The number of anilines is 1. The SMILES string of the molecule is C=C(Br)CNc1cc(OC)ccc1F. The van der Waals surface area contributed by atoms with Crippen LogP contribution in [0.3, 0.4) is 0 Å². The third-order valence-corrected chi connectivity index (χ3v) is 1.92. The normalized spacial score (nSPS) is 9.64. The first-order valence-electron chi connectivity index (χ1n) is 4.04. The molecule has 0 saturated carbocycles. The summed E-state index contributed by atoms with van der Waals surface area (Å²) in [5.74, 6) is 0.314. The number of hydrogen-bond acceptors (Lipinski definition) is 2. The monoisotopic (exact) mass is 259 g/mol. The second-order valence-electron chi connectivity index (χ2n) is 2.72. The van der Waals surface area contributed by atoms with Crippen LogP contribution in [0.4, 0.5) is 10.1 Å². The fourth-order valence-electron chi connectivity index (χ4n) is 0.958. The van der Waals surface area contributed by atoms with Gasteiger partial charge < -0.3 is 10.1 Å². The highest BCUT2D eigenvalue weighted by Gasteiger charge is 2.02. The molecule has 0 heterocycles. The van der Waals surface area contributed by atoms with Crippen LogP contribution in [0.25, 0.3) is 0 Å². The first kappa shape index (κ1) is 11.0. The number of halogens is 2. The van der Waals surface area contributed by atoms with Gasteiger partial charge in [-0.05, 0) is 12.1 Å². The van der Waals surface area contributed by atoms with Crippen molar-refractivity contribution in [2.75, 3.05) is 19.0 Å². The fourth-order valence-corrected chi connectivity index (χ4v) is 1.10. The van der Waals surface area contributed by atoms with E-state index in [1.807, 2.05) is 0 Å². The topological polar surface area (TPSA) is 21.3 Å². The van der Waals surface area contributed by atoms with Crippen LogP contribution < -0.4 is 10.1 Å². The second-order valence-corrected chi connectivity index (χ2v) is 3.84. The lowest BCUT2D eigenvalue weighted by Gasteiger charge is -2.08. The van der Waals surface area contributed by atoms with Gasteiger partial charge in [0, 0.05) is 17.1 Å². The Morgan fingerprint density at radius 2 is 2.36 bits per heavy atom. The average molecular weight is 260 g/mol. The zero-order valence-electron chi connectivity index (χ0n) is 7.81. The molecule has 4 heteroatoms. The molecule has 1 aromatic carbocycles. The molecule has 0 aliphatic rings. The predicted molar refractivity (Wildman–Crippen MR) is 59.5 cm³/mol. The van der Waals surface area contributed by atoms with Gasteiger partial charge in [0.25, 0.3) is 0 Å². The average Bonchev–Trinajstić information content (AvgIpc) is 2.16. The van der Waals surface area contributed by atoms with Gasteiger partial charge in [-0.3, -0.25) is 0 Å². The Morgan fingerprint density at radius 3 is 2.93 bits per heavy atom. The predicted octanol–water partition coefficient (Wildman–Crippen LogP) is 3.15. The molecule has 0 atom stereocenters. The molecule has 0 bridgehead atoms. The van der Waals surface area contributed by atoms with Crippen molar-refractivity contribution in [1.29, 1.82) is 0 Å². The third-order valence-electron chi connectivity index (χ3n) is 1.64. The summed E-state index contributed by atoms with van der Waals surface area (Å²) in [6, 6.07) is 4.53. The highest BCUT2D eigenvalue weighted by atomic mass is 79.9. The van der Waals surface area contributed by atoms with Crippen molar-refractivity contribution in [2.45, 2.75) is 0 Å². The van der Waals surface area contributed by atoms with Gasteiger partial charge in [-0.15, -0.1) is 0 Å². The minimum Gasteiger partial charge on any atom is -0.497 e. The Kier molecular flexibility index (Phi) is 3.95. The Morgan fingerprint density at radius 1 is 1.64 bits per heavy atom. The minimum atomic E-state index is -0.306. The van der Waals surface area contributed by atoms with Gasteiger partial charge in [-0.1, -0.05) is 22.5 Å². The molecule has 0 saturated heterocycles. The maximum Gasteiger partial charge on any atom is 0.146 e. The van der Waals surface area contributed by atoms with E-state index in [1.54, 1.807) is 19.2 Å². The standard InChI is InChI=1S/C10H11BrFNO/c1-7(11)6-13-10-5-8(14-2)3-4-9(10)12/h3-5,13H,1,6H2,2H3. The van der Waals surface area contributed by atoms with Crippen molar-refractivity contribution in [3.05, 3.63) is 35.1 Å². The molecule has 1 aromatic rings. The van der Waals surface area contributed by atoms with Crippen LogP contribution in [0.2, 0.25) is 0 Å². The maximum absolute atomic E-state index is 13.2. The molecule has 0 unspecified atom stereocenters. The Balaban J connectivity index is 2.78. The van der Waals surface area contributed by atoms with Gasteiger partial charge >= 0.3 is 0 Å². The minimum absolute atomic E-state index is 0.306. The van der Waals surface area contributed by atoms with Crippen molar-refractivity contribution < 1.29 is 9.13 Å². The second kappa shape index (κ2) is 5.00. The lowest BCUT2D eigenvalue weighted by atomic mass is 10.3. The van der Waals surface area contributed by atoms with Crippen LogP contribution in [-0.2, 0) is 0 Å². The molecular weight excluding hydrogens is 249 g/mol. The van der Waals surface area contributed by atoms with Crippen LogP contribution in [0, 0.1) is 5.82 Å². The van der Waals surface area contributed by atoms with E-state index in [0.717, 1.165) is 4.48 Å². The van der Waals surface area contributed by atoms with Crippen molar-refractivity contribution in [3.8, 4) is 5.75 Å². The van der Waals surface area contributed by atoms with Crippen LogP contribution in [0.15, 0.2) is 29.3 Å². The number of rotatable bonds is 4. The first-order chi connectivity index (χ1) is 6.63. The van der Waals surface area contributed by atoms with Gasteiger partial charge in [0.2, 0.25) is 0 Å². The van der Waals surface area contributed by atoms with Gasteiger partial charge in [0.15, 0.2) is 0 Å². The lowest BCUT2D eigenvalue weighted by molar-refractivity contribution is 0.414. The van der Waals surface area contributed by atoms with Crippen LogP contribution in [-0.4, -0.2) is 13.7 Å². The van der Waals surface area contributed by atoms with Gasteiger partial charge in [-0.25, -0.2) is 4.39 Å². The summed E-state index contributed by atoms with van der Waals surface area (Å²) >= 11 is 3.18. The number of nitrogens with one attached hydrogen (secondary N) is 1. The zero-order chi connectivity index (χ0) is 10.6. The van der Waals surface area contributed by atoms with E-state index in [4.69, 9.17) is 4.74 Å². The molecule has 2 nitrogen and oxygen atoms in total. The van der Waals surface area contributed by atoms with Crippen LogP contribution in [0.5, 0.6) is 5.75 Å². The summed E-state index contributed by atoms with van der Waals surface area (Å²) in [5.41, 5.74) is 0.407. The van der Waals surface area contributed by atoms with E-state index in [1.165, 1.54) is 6.07 Å². The summed E-state index contributed by atoms with van der Waals surface area (Å²) in [4.78, 5) is 0. The molecule has 14 heavy (non-hydrogen) atoms. The number of hydrogen-bond donors (Lipinski definition) is 1. The van der Waals surface area contributed by atoms with Crippen molar-refractivity contribution in [2.24, 2.45) is 0 Å². The molecule has 0 spiro atoms. The summed E-state index contributed by atoms with van der Waals surface area (Å²) in [6.07, 6.45) is 0. The summed E-state index contributed by atoms with van der Waals surface area (Å²) < 4.78 is 18.9. The van der Waals surface area contributed by atoms with E-state index in [9.17, 15) is 4.39 Å². The Bertz CT molecular complexity index is 341. The van der Waals surface area contributed by atoms with Gasteiger partial charge in [0.05, 0.1) is 12.8 Å². The number of benzene rings is 1. The fraction of sp³-hybridized carbons (Fsp3) is 0.200. The summed E-state index contributed by atoms with van der Waals surface area (Å²) in [5, 5.41) is 2.89. The first-order valence-corrected chi connectivity index (χ1v) is 4.83. The number of ether oxygens (including phenoxy) is 1. The molecule has 0 fully saturated rings. The summed E-state index contributed by atoms with van der Waals surface area (Å²) in [7, 11) is 1.54. The largest absolute Gasteiger partial charge is 0.497 e. The smallest absolute Gasteiger partial charge is 0.146 e. The molecule has 0 amide bonds. The molecule has 0 aliphatic heterocycles. The maximum atomic E-state index is 13.2.